The molecule has 1 radical (unpaired) electrons. The first-order valence-electron chi connectivity index (χ1n) is 3.34. The summed E-state index contributed by atoms with van der Waals surface area (Å²) in [6.45, 7) is 9.12. The number of hydrogen-bond donors (Lipinski definition) is 0. The van der Waals surface area contributed by atoms with E-state index in [0.717, 1.165) is 18.4 Å². The molecule has 0 heterocycles. The largest absolute Gasteiger partial charge is 0.466 e. The highest BCUT2D eigenvalue weighted by molar-refractivity contribution is 5.65. The van der Waals surface area contributed by atoms with Gasteiger partial charge in [-0.15, -0.1) is 0 Å². The molecule has 0 bridgehead atoms. The molecule has 0 rings (SSSR count). The molecule has 0 aromatic carbocycles. The third-order valence-electron chi connectivity index (χ3n) is 1.02. The fourth-order valence-corrected chi connectivity index (χ4v) is 0.567. The monoisotopic (exact) mass is 141 g/mol. The van der Waals surface area contributed by atoms with E-state index in [2.05, 4.69) is 4.74 Å². The van der Waals surface area contributed by atoms with E-state index in [0.29, 0.717) is 6.61 Å². The van der Waals surface area contributed by atoms with Crippen LogP contribution in [0.2, 0.25) is 0 Å². The van der Waals surface area contributed by atoms with Gasteiger partial charge in [0.15, 0.2) is 0 Å². The third-order valence-corrected chi connectivity index (χ3v) is 1.02. The second-order valence-electron chi connectivity index (χ2n) is 2.29. The summed E-state index contributed by atoms with van der Waals surface area (Å²) in [7, 11) is 0. The fraction of sp³-hybridized carbons (Fsp3) is 0.625. The molecule has 0 atom stereocenters. The number of rotatable bonds is 4. The van der Waals surface area contributed by atoms with Crippen molar-refractivity contribution in [2.45, 2.75) is 26.7 Å². The normalized spacial score (nSPS) is 9.00. The van der Waals surface area contributed by atoms with Gasteiger partial charge in [0.05, 0.1) is 6.61 Å². The number of ether oxygens (including phenoxy) is 1. The minimum absolute atomic E-state index is 0.227. The average molecular weight is 141 g/mol. The molecule has 0 amide bonds. The highest BCUT2D eigenvalue weighted by atomic mass is 16.5. The van der Waals surface area contributed by atoms with E-state index in [1.807, 2.05) is 6.92 Å². The van der Waals surface area contributed by atoms with Crippen molar-refractivity contribution < 1.29 is 9.53 Å². The molecule has 57 valence electrons. The van der Waals surface area contributed by atoms with Gasteiger partial charge in [-0.3, -0.25) is 4.79 Å². The van der Waals surface area contributed by atoms with Gasteiger partial charge in [0.25, 0.3) is 0 Å². The lowest BCUT2D eigenvalue weighted by Crippen LogP contribution is -2.00. The predicted molar refractivity (Wildman–Crippen MR) is 39.4 cm³/mol. The molecule has 0 fully saturated rings. The molecular weight excluding hydrogens is 128 g/mol. The van der Waals surface area contributed by atoms with E-state index in [1.54, 1.807) is 0 Å². The number of hydrogen-bond acceptors (Lipinski definition) is 2. The number of carbonyl (C=O) groups excluding carboxylic acids is 1. The maximum absolute atomic E-state index is 10.2. The zero-order valence-corrected chi connectivity index (χ0v) is 6.52. The van der Waals surface area contributed by atoms with Crippen LogP contribution in [0.5, 0.6) is 0 Å². The molecule has 2 nitrogen and oxygen atoms in total. The molecule has 0 unspecified atom stereocenters. The van der Waals surface area contributed by atoms with Crippen LogP contribution in [-0.2, 0) is 9.53 Å². The van der Waals surface area contributed by atoms with E-state index < -0.39 is 0 Å². The molecule has 2 heteroatoms. The summed E-state index contributed by atoms with van der Waals surface area (Å²) in [6.07, 6.45) is 1.65. The maximum Gasteiger partial charge on any atom is 0.302 e. The van der Waals surface area contributed by atoms with Crippen LogP contribution in [0.4, 0.5) is 0 Å². The molecule has 0 saturated heterocycles. The first-order valence-corrected chi connectivity index (χ1v) is 3.34. The lowest BCUT2D eigenvalue weighted by molar-refractivity contribution is -0.141. The lowest BCUT2D eigenvalue weighted by Gasteiger charge is -1.99. The zero-order chi connectivity index (χ0) is 7.98. The van der Waals surface area contributed by atoms with E-state index in [9.17, 15) is 4.79 Å². The molecule has 0 aliphatic carbocycles. The molecule has 0 aliphatic heterocycles. The van der Waals surface area contributed by atoms with Crippen LogP contribution in [0.1, 0.15) is 26.7 Å². The fourth-order valence-electron chi connectivity index (χ4n) is 0.567. The van der Waals surface area contributed by atoms with E-state index in [1.165, 1.54) is 6.92 Å². The summed E-state index contributed by atoms with van der Waals surface area (Å²) in [4.78, 5) is 10.2. The Morgan fingerprint density at radius 2 is 2.10 bits per heavy atom. The molecule has 10 heavy (non-hydrogen) atoms. The molecular formula is C8H13O2. The minimum atomic E-state index is -0.227. The highest BCUT2D eigenvalue weighted by Gasteiger charge is 1.91. The van der Waals surface area contributed by atoms with Gasteiger partial charge in [0.2, 0.25) is 0 Å². The van der Waals surface area contributed by atoms with Gasteiger partial charge in [-0.05, 0) is 19.8 Å². The van der Waals surface area contributed by atoms with Crippen molar-refractivity contribution in [2.75, 3.05) is 6.61 Å². The van der Waals surface area contributed by atoms with Gasteiger partial charge in [0.1, 0.15) is 0 Å². The quantitative estimate of drug-likeness (QED) is 0.440. The Morgan fingerprint density at radius 3 is 2.50 bits per heavy atom. The van der Waals surface area contributed by atoms with E-state index >= 15 is 0 Å². The standard InChI is InChI=1S/C8H13O2/c1-7(2)5-4-6-10-8(3)9/h1H,4-6H2,2-3H3. The van der Waals surface area contributed by atoms with Gasteiger partial charge in [-0.2, -0.15) is 0 Å². The van der Waals surface area contributed by atoms with Gasteiger partial charge in [0, 0.05) is 6.92 Å². The van der Waals surface area contributed by atoms with Gasteiger partial charge in [-0.1, -0.05) is 12.2 Å². The summed E-state index contributed by atoms with van der Waals surface area (Å²) < 4.78 is 4.68. The zero-order valence-electron chi connectivity index (χ0n) is 6.52. The van der Waals surface area contributed by atoms with Crippen molar-refractivity contribution in [3.63, 3.8) is 0 Å². The highest BCUT2D eigenvalue weighted by Crippen LogP contribution is 1.99. The molecule has 0 N–H and O–H groups in total. The van der Waals surface area contributed by atoms with E-state index in [4.69, 9.17) is 6.58 Å². The average Bonchev–Trinajstić information content (AvgIpc) is 1.79. The van der Waals surface area contributed by atoms with Crippen LogP contribution in [0.15, 0.2) is 5.57 Å². The molecule has 0 spiro atoms. The van der Waals surface area contributed by atoms with E-state index in [-0.39, 0.29) is 5.97 Å². The van der Waals surface area contributed by atoms with Crippen molar-refractivity contribution in [1.82, 2.24) is 0 Å². The third kappa shape index (κ3) is 7.21. The second kappa shape index (κ2) is 5.03. The minimum Gasteiger partial charge on any atom is -0.466 e. The summed E-state index contributed by atoms with van der Waals surface area (Å²) in [5.41, 5.74) is 0.882. The maximum atomic E-state index is 10.2. The van der Waals surface area contributed by atoms with Gasteiger partial charge in [-0.25, -0.2) is 0 Å². The smallest absolute Gasteiger partial charge is 0.302 e. The topological polar surface area (TPSA) is 26.3 Å². The predicted octanol–water partition coefficient (Wildman–Crippen LogP) is 1.71. The molecule has 0 aromatic heterocycles. The Labute approximate surface area is 61.9 Å². The first-order chi connectivity index (χ1) is 4.63. The Kier molecular flexibility index (Phi) is 4.63. The van der Waals surface area contributed by atoms with Crippen LogP contribution in [0, 0.1) is 6.58 Å². The number of allylic oxidation sites excluding steroid dienone is 1. The summed E-state index contributed by atoms with van der Waals surface area (Å²) in [6, 6.07) is 0. The molecule has 0 saturated carbocycles. The number of carbonyl (C=O) groups is 1. The molecule has 0 aromatic rings. The van der Waals surface area contributed by atoms with Crippen LogP contribution in [0.3, 0.4) is 0 Å². The summed E-state index contributed by atoms with van der Waals surface area (Å²) in [5.74, 6) is -0.227. The second-order valence-corrected chi connectivity index (χ2v) is 2.29. The Balaban J connectivity index is 3.06. The summed E-state index contributed by atoms with van der Waals surface area (Å²) >= 11 is 0. The van der Waals surface area contributed by atoms with Crippen LogP contribution in [0.25, 0.3) is 0 Å². The summed E-state index contributed by atoms with van der Waals surface area (Å²) in [5, 5.41) is 0. The van der Waals surface area contributed by atoms with Crippen molar-refractivity contribution >= 4 is 5.97 Å². The first kappa shape index (κ1) is 9.21. The van der Waals surface area contributed by atoms with Crippen molar-refractivity contribution in [3.8, 4) is 0 Å². The lowest BCUT2D eigenvalue weighted by atomic mass is 10.2. The van der Waals surface area contributed by atoms with Gasteiger partial charge >= 0.3 is 5.97 Å². The number of esters is 1. The van der Waals surface area contributed by atoms with Crippen molar-refractivity contribution in [2.24, 2.45) is 0 Å². The molecule has 0 aliphatic rings. The van der Waals surface area contributed by atoms with Gasteiger partial charge < -0.3 is 4.74 Å². The Morgan fingerprint density at radius 1 is 1.50 bits per heavy atom. The van der Waals surface area contributed by atoms with Crippen LogP contribution < -0.4 is 0 Å². The van der Waals surface area contributed by atoms with Crippen molar-refractivity contribution in [3.05, 3.63) is 12.2 Å². The Bertz CT molecular complexity index is 111. The SMILES string of the molecule is [CH]=C(C)CCCOC(C)=O. The van der Waals surface area contributed by atoms with Crippen molar-refractivity contribution in [1.29, 1.82) is 0 Å². The van der Waals surface area contributed by atoms with Crippen LogP contribution >= 0.6 is 0 Å². The van der Waals surface area contributed by atoms with Crippen LogP contribution in [-0.4, -0.2) is 12.6 Å². The Hall–Kier alpha value is -0.790.